The fourth-order valence-corrected chi connectivity index (χ4v) is 2.67. The molecule has 102 valence electrons. The number of aromatic nitrogens is 1. The fourth-order valence-electron chi connectivity index (χ4n) is 2.03. The van der Waals surface area contributed by atoms with E-state index in [4.69, 9.17) is 0 Å². The highest BCUT2D eigenvalue weighted by molar-refractivity contribution is 7.09. The predicted octanol–water partition coefficient (Wildman–Crippen LogP) is 3.62. The fraction of sp³-hybridized carbons (Fsp3) is 0.357. The van der Waals surface area contributed by atoms with Crippen molar-refractivity contribution in [3.63, 3.8) is 0 Å². The minimum absolute atomic E-state index is 0.162. The zero-order valence-corrected chi connectivity index (χ0v) is 11.7. The first-order chi connectivity index (χ1) is 9.11. The number of halogens is 2. The predicted molar refractivity (Wildman–Crippen MR) is 73.3 cm³/mol. The first kappa shape index (κ1) is 14.1. The molecule has 1 aromatic heterocycles. The van der Waals surface area contributed by atoms with Crippen molar-refractivity contribution in [1.29, 1.82) is 0 Å². The Hall–Kier alpha value is -1.33. The van der Waals surface area contributed by atoms with Crippen LogP contribution in [0, 0.1) is 18.6 Å². The van der Waals surface area contributed by atoms with E-state index >= 15 is 0 Å². The Labute approximate surface area is 115 Å². The van der Waals surface area contributed by atoms with Crippen LogP contribution in [0.2, 0.25) is 0 Å². The molecule has 0 saturated heterocycles. The SMILES string of the molecule is CCNC(Cc1cncs1)c1cc(C)c(F)cc1F. The summed E-state index contributed by atoms with van der Waals surface area (Å²) < 4.78 is 27.3. The molecule has 19 heavy (non-hydrogen) atoms. The van der Waals surface area contributed by atoms with Gasteiger partial charge in [-0.3, -0.25) is 4.98 Å². The van der Waals surface area contributed by atoms with Gasteiger partial charge in [0.25, 0.3) is 0 Å². The van der Waals surface area contributed by atoms with E-state index < -0.39 is 11.6 Å². The molecule has 0 spiro atoms. The third-order valence-corrected chi connectivity index (χ3v) is 3.79. The molecule has 2 aromatic rings. The summed E-state index contributed by atoms with van der Waals surface area (Å²) in [6.07, 6.45) is 2.43. The highest BCUT2D eigenvalue weighted by Crippen LogP contribution is 2.25. The molecule has 1 heterocycles. The molecular weight excluding hydrogens is 266 g/mol. The Balaban J connectivity index is 2.30. The number of thiazole rings is 1. The maximum atomic E-state index is 13.9. The van der Waals surface area contributed by atoms with E-state index in [1.54, 1.807) is 24.7 Å². The quantitative estimate of drug-likeness (QED) is 0.906. The first-order valence-electron chi connectivity index (χ1n) is 6.18. The van der Waals surface area contributed by atoms with Gasteiger partial charge in [-0.1, -0.05) is 6.92 Å². The molecule has 0 aliphatic carbocycles. The van der Waals surface area contributed by atoms with Gasteiger partial charge in [-0.05, 0) is 25.1 Å². The van der Waals surface area contributed by atoms with Crippen molar-refractivity contribution >= 4 is 11.3 Å². The average Bonchev–Trinajstić information content (AvgIpc) is 2.86. The van der Waals surface area contributed by atoms with Gasteiger partial charge in [0.2, 0.25) is 0 Å². The number of hydrogen-bond acceptors (Lipinski definition) is 3. The minimum atomic E-state index is -0.505. The summed E-state index contributed by atoms with van der Waals surface area (Å²) in [6.45, 7) is 4.33. The molecule has 5 heteroatoms. The van der Waals surface area contributed by atoms with Gasteiger partial charge in [-0.2, -0.15) is 0 Å². The average molecular weight is 282 g/mol. The van der Waals surface area contributed by atoms with E-state index in [1.165, 1.54) is 11.3 Å². The van der Waals surface area contributed by atoms with Crippen molar-refractivity contribution in [2.45, 2.75) is 26.3 Å². The van der Waals surface area contributed by atoms with E-state index in [1.807, 2.05) is 6.92 Å². The number of aryl methyl sites for hydroxylation is 1. The normalized spacial score (nSPS) is 12.6. The van der Waals surface area contributed by atoms with Gasteiger partial charge >= 0.3 is 0 Å². The van der Waals surface area contributed by atoms with Crippen LogP contribution in [0.25, 0.3) is 0 Å². The van der Waals surface area contributed by atoms with E-state index in [-0.39, 0.29) is 6.04 Å². The number of hydrogen-bond donors (Lipinski definition) is 1. The molecule has 1 aromatic carbocycles. The molecule has 0 aliphatic rings. The zero-order valence-electron chi connectivity index (χ0n) is 10.9. The van der Waals surface area contributed by atoms with Crippen LogP contribution in [0.15, 0.2) is 23.8 Å². The van der Waals surface area contributed by atoms with Crippen LogP contribution in [0.3, 0.4) is 0 Å². The lowest BCUT2D eigenvalue weighted by Gasteiger charge is -2.19. The van der Waals surface area contributed by atoms with Crippen molar-refractivity contribution in [3.05, 3.63) is 51.5 Å². The molecular formula is C14H16F2N2S. The summed E-state index contributed by atoms with van der Waals surface area (Å²) in [7, 11) is 0. The Morgan fingerprint density at radius 1 is 1.32 bits per heavy atom. The van der Waals surface area contributed by atoms with Gasteiger partial charge in [-0.15, -0.1) is 11.3 Å². The number of benzene rings is 1. The summed E-state index contributed by atoms with van der Waals surface area (Å²) in [6, 6.07) is 2.38. The monoisotopic (exact) mass is 282 g/mol. The number of nitrogens with zero attached hydrogens (tertiary/aromatic N) is 1. The molecule has 1 N–H and O–H groups in total. The van der Waals surface area contributed by atoms with Crippen LogP contribution in [-0.2, 0) is 6.42 Å². The molecule has 1 atom stereocenters. The van der Waals surface area contributed by atoms with Gasteiger partial charge < -0.3 is 5.32 Å². The van der Waals surface area contributed by atoms with Gasteiger partial charge in [0.15, 0.2) is 0 Å². The molecule has 0 bridgehead atoms. The molecule has 0 saturated carbocycles. The van der Waals surface area contributed by atoms with Crippen LogP contribution in [0.5, 0.6) is 0 Å². The maximum absolute atomic E-state index is 13.9. The molecule has 0 radical (unpaired) electrons. The highest BCUT2D eigenvalue weighted by atomic mass is 32.1. The third-order valence-electron chi connectivity index (χ3n) is 2.99. The molecule has 2 rings (SSSR count). The molecule has 0 aliphatic heterocycles. The standard InChI is InChI=1S/C14H16F2N2S/c1-3-18-14(5-10-7-17-8-19-10)11-4-9(2)12(15)6-13(11)16/h4,6-8,14,18H,3,5H2,1-2H3. The second kappa shape index (κ2) is 6.21. The number of rotatable bonds is 5. The third kappa shape index (κ3) is 3.36. The van der Waals surface area contributed by atoms with Gasteiger partial charge in [0.05, 0.1) is 5.51 Å². The van der Waals surface area contributed by atoms with Crippen LogP contribution in [0.4, 0.5) is 8.78 Å². The number of nitrogens with one attached hydrogen (secondary N) is 1. The van der Waals surface area contributed by atoms with Crippen LogP contribution in [-0.4, -0.2) is 11.5 Å². The summed E-state index contributed by atoms with van der Waals surface area (Å²) in [5, 5.41) is 3.24. The minimum Gasteiger partial charge on any atom is -0.310 e. The van der Waals surface area contributed by atoms with Crippen molar-refractivity contribution in [2.24, 2.45) is 0 Å². The lowest BCUT2D eigenvalue weighted by molar-refractivity contribution is 0.502. The second-order valence-electron chi connectivity index (χ2n) is 4.41. The van der Waals surface area contributed by atoms with E-state index in [9.17, 15) is 8.78 Å². The maximum Gasteiger partial charge on any atom is 0.130 e. The molecule has 1 unspecified atom stereocenters. The topological polar surface area (TPSA) is 24.9 Å². The molecule has 0 fully saturated rings. The van der Waals surface area contributed by atoms with Gasteiger partial charge in [-0.25, -0.2) is 8.78 Å². The van der Waals surface area contributed by atoms with E-state index in [0.717, 1.165) is 17.5 Å². The second-order valence-corrected chi connectivity index (χ2v) is 5.38. The van der Waals surface area contributed by atoms with Crippen LogP contribution in [0.1, 0.15) is 29.0 Å². The van der Waals surface area contributed by atoms with Crippen molar-refractivity contribution in [1.82, 2.24) is 10.3 Å². The zero-order chi connectivity index (χ0) is 13.8. The number of likely N-dealkylation sites (N-methyl/N-ethyl adjacent to an activating group) is 1. The van der Waals surface area contributed by atoms with Crippen LogP contribution < -0.4 is 5.32 Å². The Kier molecular flexibility index (Phi) is 4.61. The Morgan fingerprint density at radius 3 is 2.74 bits per heavy atom. The van der Waals surface area contributed by atoms with Crippen molar-refractivity contribution in [3.8, 4) is 0 Å². The summed E-state index contributed by atoms with van der Waals surface area (Å²) in [4.78, 5) is 5.10. The van der Waals surface area contributed by atoms with Crippen LogP contribution >= 0.6 is 11.3 Å². The first-order valence-corrected chi connectivity index (χ1v) is 7.06. The van der Waals surface area contributed by atoms with E-state index in [0.29, 0.717) is 17.5 Å². The van der Waals surface area contributed by atoms with Crippen molar-refractivity contribution < 1.29 is 8.78 Å². The van der Waals surface area contributed by atoms with E-state index in [2.05, 4.69) is 10.3 Å². The summed E-state index contributed by atoms with van der Waals surface area (Å²) in [5.41, 5.74) is 2.72. The Morgan fingerprint density at radius 2 is 2.11 bits per heavy atom. The summed E-state index contributed by atoms with van der Waals surface area (Å²) in [5.74, 6) is -1.01. The summed E-state index contributed by atoms with van der Waals surface area (Å²) >= 11 is 1.54. The molecule has 0 amide bonds. The van der Waals surface area contributed by atoms with Gasteiger partial charge in [0.1, 0.15) is 11.6 Å². The van der Waals surface area contributed by atoms with Gasteiger partial charge in [0, 0.05) is 35.2 Å². The lowest BCUT2D eigenvalue weighted by Crippen LogP contribution is -2.24. The lowest BCUT2D eigenvalue weighted by atomic mass is 10.00. The smallest absolute Gasteiger partial charge is 0.130 e. The largest absolute Gasteiger partial charge is 0.310 e. The van der Waals surface area contributed by atoms with Crippen molar-refractivity contribution in [2.75, 3.05) is 6.54 Å². The molecule has 2 nitrogen and oxygen atoms in total. The highest BCUT2D eigenvalue weighted by Gasteiger charge is 2.18. The Bertz CT molecular complexity index is 541.